The fraction of sp³-hybridized carbons (Fsp3) is 0.250. The number of halogens is 2. The van der Waals surface area contributed by atoms with E-state index < -0.39 is 17.4 Å². The largest absolute Gasteiger partial charge is 0.493 e. The maximum atomic E-state index is 14.3. The van der Waals surface area contributed by atoms with Gasteiger partial charge in [-0.3, -0.25) is 4.98 Å². The molecule has 0 saturated heterocycles. The predicted octanol–water partition coefficient (Wildman–Crippen LogP) is 3.95. The van der Waals surface area contributed by atoms with Gasteiger partial charge >= 0.3 is 0 Å². The highest BCUT2D eigenvalue weighted by atomic mass is 19.1. The quantitative estimate of drug-likeness (QED) is 0.569. The number of benzene rings is 2. The molecule has 0 amide bonds. The number of fused-ring (bicyclic) bond motifs is 1. The Kier molecular flexibility index (Phi) is 6.10. The number of hydrogen-bond acceptors (Lipinski definition) is 6. The lowest BCUT2D eigenvalue weighted by atomic mass is 10.1. The average molecular weight is 389 g/mol. The predicted molar refractivity (Wildman–Crippen MR) is 104 cm³/mol. The fourth-order valence-corrected chi connectivity index (χ4v) is 2.66. The van der Waals surface area contributed by atoms with E-state index in [-0.39, 0.29) is 5.75 Å². The van der Waals surface area contributed by atoms with Gasteiger partial charge < -0.3 is 24.8 Å². The zero-order valence-electron chi connectivity index (χ0n) is 15.8. The summed E-state index contributed by atoms with van der Waals surface area (Å²) in [6.07, 6.45) is 1.50. The van der Waals surface area contributed by atoms with Crippen LogP contribution in [0.25, 0.3) is 10.9 Å². The van der Waals surface area contributed by atoms with Gasteiger partial charge in [-0.05, 0) is 19.2 Å². The van der Waals surface area contributed by atoms with Crippen molar-refractivity contribution in [3.63, 3.8) is 0 Å². The van der Waals surface area contributed by atoms with E-state index in [4.69, 9.17) is 14.2 Å². The first-order valence-corrected chi connectivity index (χ1v) is 8.66. The second-order valence-electron chi connectivity index (χ2n) is 5.90. The second-order valence-corrected chi connectivity index (χ2v) is 5.90. The molecule has 0 fully saturated rings. The lowest BCUT2D eigenvalue weighted by molar-refractivity contribution is 0.296. The van der Waals surface area contributed by atoms with Gasteiger partial charge in [-0.25, -0.2) is 8.78 Å². The van der Waals surface area contributed by atoms with Crippen molar-refractivity contribution in [2.45, 2.75) is 0 Å². The van der Waals surface area contributed by atoms with Crippen molar-refractivity contribution in [1.29, 1.82) is 0 Å². The first-order valence-electron chi connectivity index (χ1n) is 8.66. The molecule has 148 valence electrons. The molecule has 1 aromatic heterocycles. The van der Waals surface area contributed by atoms with E-state index in [1.54, 1.807) is 19.2 Å². The van der Waals surface area contributed by atoms with Crippen LogP contribution < -0.4 is 24.8 Å². The summed E-state index contributed by atoms with van der Waals surface area (Å²) in [4.78, 5) is 4.29. The van der Waals surface area contributed by atoms with Crippen molar-refractivity contribution in [2.75, 3.05) is 39.7 Å². The van der Waals surface area contributed by atoms with Crippen LogP contribution in [0.2, 0.25) is 0 Å². The second kappa shape index (κ2) is 8.71. The lowest BCUT2D eigenvalue weighted by Gasteiger charge is -2.14. The van der Waals surface area contributed by atoms with Crippen molar-refractivity contribution >= 4 is 16.6 Å². The summed E-state index contributed by atoms with van der Waals surface area (Å²) in [5.74, 6) is -0.875. The fourth-order valence-electron chi connectivity index (χ4n) is 2.66. The number of aromatic nitrogens is 1. The summed E-state index contributed by atoms with van der Waals surface area (Å²) in [7, 11) is 4.92. The zero-order valence-corrected chi connectivity index (χ0v) is 15.8. The van der Waals surface area contributed by atoms with Gasteiger partial charge in [0.05, 0.1) is 12.6 Å². The van der Waals surface area contributed by atoms with Crippen LogP contribution >= 0.6 is 0 Å². The maximum absolute atomic E-state index is 14.3. The molecule has 0 spiro atoms. The van der Waals surface area contributed by atoms with Crippen LogP contribution in [0.3, 0.4) is 0 Å². The third-order valence-electron chi connectivity index (χ3n) is 4.10. The van der Waals surface area contributed by atoms with Crippen LogP contribution in [0.1, 0.15) is 0 Å². The monoisotopic (exact) mass is 389 g/mol. The molecule has 3 aromatic rings. The Morgan fingerprint density at radius 1 is 1.00 bits per heavy atom. The summed E-state index contributed by atoms with van der Waals surface area (Å²) in [5, 5.41) is 6.22. The number of rotatable bonds is 8. The van der Waals surface area contributed by atoms with Gasteiger partial charge in [-0.1, -0.05) is 0 Å². The maximum Gasteiger partial charge on any atom is 0.198 e. The number of hydrogen-bond donors (Lipinski definition) is 2. The minimum Gasteiger partial charge on any atom is -0.493 e. The molecule has 1 heterocycles. The van der Waals surface area contributed by atoms with Gasteiger partial charge in [0.15, 0.2) is 28.9 Å². The smallest absolute Gasteiger partial charge is 0.198 e. The average Bonchev–Trinajstić information content (AvgIpc) is 2.70. The molecule has 8 heteroatoms. The number of nitrogens with one attached hydrogen (secondary N) is 2. The minimum atomic E-state index is -0.812. The number of pyridine rings is 1. The highest BCUT2D eigenvalue weighted by Crippen LogP contribution is 2.38. The molecule has 0 bridgehead atoms. The van der Waals surface area contributed by atoms with Crippen LogP contribution in [-0.4, -0.2) is 39.3 Å². The summed E-state index contributed by atoms with van der Waals surface area (Å²) < 4.78 is 45.2. The van der Waals surface area contributed by atoms with Crippen LogP contribution in [0, 0.1) is 11.6 Å². The first-order chi connectivity index (χ1) is 13.6. The Bertz CT molecular complexity index is 959. The Hall–Kier alpha value is -3.13. The van der Waals surface area contributed by atoms with Crippen LogP contribution in [0.4, 0.5) is 14.5 Å². The molecule has 3 rings (SSSR count). The van der Waals surface area contributed by atoms with Gasteiger partial charge in [0.25, 0.3) is 0 Å². The van der Waals surface area contributed by atoms with Crippen molar-refractivity contribution in [3.05, 3.63) is 48.2 Å². The Morgan fingerprint density at radius 3 is 2.39 bits per heavy atom. The molecule has 0 radical (unpaired) electrons. The SMILES string of the molecule is CNCCOc1cc2nccc(Oc3c(F)cc(NC)cc3F)c2cc1OC. The number of methoxy groups -OCH3 is 1. The normalized spacial score (nSPS) is 10.8. The van der Waals surface area contributed by atoms with E-state index in [0.29, 0.717) is 41.2 Å². The number of likely N-dealkylation sites (N-methyl/N-ethyl adjacent to an activating group) is 1. The third kappa shape index (κ3) is 4.07. The molecule has 6 nitrogen and oxygen atoms in total. The molecule has 0 aliphatic rings. The molecule has 0 aliphatic carbocycles. The summed E-state index contributed by atoms with van der Waals surface area (Å²) >= 11 is 0. The number of anilines is 1. The Morgan fingerprint density at radius 2 is 1.75 bits per heavy atom. The van der Waals surface area contributed by atoms with Gasteiger partial charge in [0.1, 0.15) is 12.4 Å². The van der Waals surface area contributed by atoms with Gasteiger partial charge in [0, 0.05) is 49.1 Å². The third-order valence-corrected chi connectivity index (χ3v) is 4.10. The van der Waals surface area contributed by atoms with Crippen molar-refractivity contribution < 1.29 is 23.0 Å². The molecular weight excluding hydrogens is 368 g/mol. The molecule has 0 atom stereocenters. The van der Waals surface area contributed by atoms with Gasteiger partial charge in [-0.2, -0.15) is 0 Å². The van der Waals surface area contributed by atoms with Gasteiger partial charge in [0.2, 0.25) is 0 Å². The number of ether oxygens (including phenoxy) is 3. The van der Waals surface area contributed by atoms with Crippen LogP contribution in [0.5, 0.6) is 23.0 Å². The summed E-state index contributed by atoms with van der Waals surface area (Å²) in [5.41, 5.74) is 0.859. The molecule has 28 heavy (non-hydrogen) atoms. The first kappa shape index (κ1) is 19.6. The van der Waals surface area contributed by atoms with Gasteiger partial charge in [-0.15, -0.1) is 0 Å². The molecular formula is C20H21F2N3O3. The minimum absolute atomic E-state index is 0.250. The highest BCUT2D eigenvalue weighted by Gasteiger charge is 2.17. The standard InChI is InChI=1S/C20H21F2N3O3/c1-23-6-7-27-19-11-16-13(10-18(19)26-3)17(4-5-25-16)28-20-14(21)8-12(24-2)9-15(20)22/h4-5,8-11,23-24H,6-7H2,1-3H3. The molecule has 0 saturated carbocycles. The highest BCUT2D eigenvalue weighted by molar-refractivity contribution is 5.88. The van der Waals surface area contributed by atoms with E-state index in [2.05, 4.69) is 15.6 Å². The summed E-state index contributed by atoms with van der Waals surface area (Å²) in [6, 6.07) is 7.23. The van der Waals surface area contributed by atoms with Crippen LogP contribution in [0.15, 0.2) is 36.5 Å². The Labute approximate surface area is 161 Å². The van der Waals surface area contributed by atoms with E-state index in [1.807, 2.05) is 7.05 Å². The van der Waals surface area contributed by atoms with E-state index in [9.17, 15) is 8.78 Å². The molecule has 2 aromatic carbocycles. The number of nitrogens with zero attached hydrogens (tertiary/aromatic N) is 1. The zero-order chi connectivity index (χ0) is 20.1. The summed E-state index contributed by atoms with van der Waals surface area (Å²) in [6.45, 7) is 1.11. The van der Waals surface area contributed by atoms with E-state index in [1.165, 1.54) is 19.4 Å². The lowest BCUT2D eigenvalue weighted by Crippen LogP contribution is -2.16. The molecule has 0 aliphatic heterocycles. The van der Waals surface area contributed by atoms with Crippen molar-refractivity contribution in [1.82, 2.24) is 10.3 Å². The van der Waals surface area contributed by atoms with Crippen LogP contribution in [-0.2, 0) is 0 Å². The van der Waals surface area contributed by atoms with Crippen molar-refractivity contribution in [3.8, 4) is 23.0 Å². The topological polar surface area (TPSA) is 64.6 Å². The van der Waals surface area contributed by atoms with E-state index >= 15 is 0 Å². The van der Waals surface area contributed by atoms with Crippen molar-refractivity contribution in [2.24, 2.45) is 0 Å². The molecule has 2 N–H and O–H groups in total. The Balaban J connectivity index is 2.01. The molecule has 0 unspecified atom stereocenters. The van der Waals surface area contributed by atoms with E-state index in [0.717, 1.165) is 12.1 Å².